The Morgan fingerprint density at radius 3 is 2.95 bits per heavy atom. The number of aromatic nitrogens is 3. The fourth-order valence-electron chi connectivity index (χ4n) is 2.67. The number of carbonyl (C=O) groups is 1. The van der Waals surface area contributed by atoms with Crippen LogP contribution in [-0.4, -0.2) is 21.2 Å². The molecule has 0 unspecified atom stereocenters. The molecule has 0 spiro atoms. The average Bonchev–Trinajstić information content (AvgIpc) is 3.19. The first-order chi connectivity index (χ1) is 10.8. The van der Waals surface area contributed by atoms with E-state index in [0.717, 1.165) is 22.9 Å². The molecule has 2 heterocycles. The molecule has 0 bridgehead atoms. The molecule has 1 saturated carbocycles. The maximum Gasteiger partial charge on any atom is 0.321 e. The minimum atomic E-state index is -0.271. The lowest BCUT2D eigenvalue weighted by molar-refractivity contribution is 0.251. The third-order valence-electron chi connectivity index (χ3n) is 3.80. The Balaban J connectivity index is 1.46. The lowest BCUT2D eigenvalue weighted by Crippen LogP contribution is -2.28. The molecule has 0 aromatic carbocycles. The first-order valence-electron chi connectivity index (χ1n) is 7.56. The van der Waals surface area contributed by atoms with Crippen LogP contribution < -0.4 is 10.6 Å². The number of carbonyl (C=O) groups excluding carboxylic acids is 1. The number of nitrogens with zero attached hydrogens (tertiary/aromatic N) is 3. The molecule has 2 N–H and O–H groups in total. The van der Waals surface area contributed by atoms with Crippen LogP contribution in [0.4, 0.5) is 9.93 Å². The minimum absolute atomic E-state index is 0.271. The van der Waals surface area contributed by atoms with Gasteiger partial charge >= 0.3 is 6.03 Å². The topological polar surface area (TPSA) is 79.8 Å². The van der Waals surface area contributed by atoms with Gasteiger partial charge < -0.3 is 5.32 Å². The normalized spacial score (nSPS) is 14.9. The zero-order valence-corrected chi connectivity index (χ0v) is 13.1. The van der Waals surface area contributed by atoms with Gasteiger partial charge in [-0.05, 0) is 17.5 Å². The van der Waals surface area contributed by atoms with Gasteiger partial charge in [-0.1, -0.05) is 43.1 Å². The van der Waals surface area contributed by atoms with Crippen molar-refractivity contribution in [1.82, 2.24) is 20.5 Å². The van der Waals surface area contributed by atoms with Crippen molar-refractivity contribution >= 4 is 22.5 Å². The van der Waals surface area contributed by atoms with Crippen molar-refractivity contribution in [2.24, 2.45) is 5.92 Å². The van der Waals surface area contributed by atoms with E-state index >= 15 is 0 Å². The predicted octanol–water partition coefficient (Wildman–Crippen LogP) is 2.99. The molecule has 116 valence electrons. The van der Waals surface area contributed by atoms with Crippen LogP contribution in [0.3, 0.4) is 0 Å². The highest BCUT2D eigenvalue weighted by molar-refractivity contribution is 7.15. The minimum Gasteiger partial charge on any atom is -0.334 e. The predicted molar refractivity (Wildman–Crippen MR) is 85.7 cm³/mol. The second kappa shape index (κ2) is 7.31. The van der Waals surface area contributed by atoms with E-state index < -0.39 is 0 Å². The highest BCUT2D eigenvalue weighted by atomic mass is 32.1. The first-order valence-corrected chi connectivity index (χ1v) is 8.37. The van der Waals surface area contributed by atoms with Crippen LogP contribution in [0.15, 0.2) is 24.5 Å². The summed E-state index contributed by atoms with van der Waals surface area (Å²) in [6, 6.07) is 3.49. The Morgan fingerprint density at radius 2 is 2.18 bits per heavy atom. The summed E-state index contributed by atoms with van der Waals surface area (Å²) in [5.41, 5.74) is 0.955. The number of pyridine rings is 1. The summed E-state index contributed by atoms with van der Waals surface area (Å²) in [5, 5.41) is 15.3. The van der Waals surface area contributed by atoms with Gasteiger partial charge in [-0.25, -0.2) is 4.79 Å². The quantitative estimate of drug-likeness (QED) is 0.888. The zero-order valence-electron chi connectivity index (χ0n) is 12.3. The molecule has 2 aromatic rings. The Hall–Kier alpha value is -2.02. The lowest BCUT2D eigenvalue weighted by Gasteiger charge is -2.05. The SMILES string of the molecule is O=C(NCc1cccnc1)Nc1nnc(CC2CCCC2)s1. The van der Waals surface area contributed by atoms with Crippen LogP contribution in [-0.2, 0) is 13.0 Å². The molecule has 1 aliphatic carbocycles. The summed E-state index contributed by atoms with van der Waals surface area (Å²) in [6.07, 6.45) is 9.64. The summed E-state index contributed by atoms with van der Waals surface area (Å²) >= 11 is 1.46. The van der Waals surface area contributed by atoms with E-state index in [1.54, 1.807) is 12.4 Å². The lowest BCUT2D eigenvalue weighted by atomic mass is 10.1. The van der Waals surface area contributed by atoms with Crippen molar-refractivity contribution < 1.29 is 4.79 Å². The van der Waals surface area contributed by atoms with Crippen molar-refractivity contribution in [3.05, 3.63) is 35.1 Å². The Kier molecular flexibility index (Phi) is 4.95. The number of nitrogens with one attached hydrogen (secondary N) is 2. The van der Waals surface area contributed by atoms with Gasteiger partial charge in [-0.3, -0.25) is 10.3 Å². The number of anilines is 1. The van der Waals surface area contributed by atoms with Crippen LogP contribution in [0.2, 0.25) is 0 Å². The molecule has 0 saturated heterocycles. The Labute approximate surface area is 133 Å². The number of urea groups is 1. The molecule has 0 aliphatic heterocycles. The molecular weight excluding hydrogens is 298 g/mol. The Morgan fingerprint density at radius 1 is 1.32 bits per heavy atom. The number of amides is 2. The number of hydrogen-bond donors (Lipinski definition) is 2. The largest absolute Gasteiger partial charge is 0.334 e. The highest BCUT2D eigenvalue weighted by Crippen LogP contribution is 2.29. The molecule has 22 heavy (non-hydrogen) atoms. The second-order valence-electron chi connectivity index (χ2n) is 5.52. The van der Waals surface area contributed by atoms with E-state index in [4.69, 9.17) is 0 Å². The molecule has 3 rings (SSSR count). The van der Waals surface area contributed by atoms with E-state index in [1.165, 1.54) is 37.0 Å². The highest BCUT2D eigenvalue weighted by Gasteiger charge is 2.18. The molecule has 0 atom stereocenters. The summed E-state index contributed by atoms with van der Waals surface area (Å²) in [5.74, 6) is 0.736. The van der Waals surface area contributed by atoms with Crippen molar-refractivity contribution in [1.29, 1.82) is 0 Å². The summed E-state index contributed by atoms with van der Waals surface area (Å²) < 4.78 is 0. The molecule has 0 radical (unpaired) electrons. The second-order valence-corrected chi connectivity index (χ2v) is 6.59. The number of rotatable bonds is 5. The molecular formula is C15H19N5OS. The van der Waals surface area contributed by atoms with Crippen molar-refractivity contribution in [3.63, 3.8) is 0 Å². The fraction of sp³-hybridized carbons (Fsp3) is 0.467. The fourth-order valence-corrected chi connectivity index (χ4v) is 3.52. The zero-order chi connectivity index (χ0) is 15.2. The standard InChI is InChI=1S/C15H19N5OS/c21-14(17-10-12-6-3-7-16-9-12)18-15-20-19-13(22-15)8-11-4-1-2-5-11/h3,6-7,9,11H,1-2,4-5,8,10H2,(H2,17,18,20,21). The molecule has 7 heteroatoms. The average molecular weight is 317 g/mol. The van der Waals surface area contributed by atoms with E-state index in [0.29, 0.717) is 11.7 Å². The van der Waals surface area contributed by atoms with Crippen molar-refractivity contribution in [3.8, 4) is 0 Å². The van der Waals surface area contributed by atoms with Crippen molar-refractivity contribution in [2.75, 3.05) is 5.32 Å². The monoisotopic (exact) mass is 317 g/mol. The van der Waals surface area contributed by atoms with Gasteiger partial charge in [0.25, 0.3) is 0 Å². The van der Waals surface area contributed by atoms with Gasteiger partial charge in [-0.15, -0.1) is 10.2 Å². The van der Waals surface area contributed by atoms with Crippen LogP contribution in [0.1, 0.15) is 36.3 Å². The molecule has 6 nitrogen and oxygen atoms in total. The third-order valence-corrected chi connectivity index (χ3v) is 4.66. The summed E-state index contributed by atoms with van der Waals surface area (Å²) in [6.45, 7) is 0.438. The molecule has 2 amide bonds. The van der Waals surface area contributed by atoms with Gasteiger partial charge in [0.15, 0.2) is 0 Å². The summed E-state index contributed by atoms with van der Waals surface area (Å²) in [7, 11) is 0. The van der Waals surface area contributed by atoms with Gasteiger partial charge in [0, 0.05) is 25.4 Å². The maximum atomic E-state index is 11.8. The van der Waals surface area contributed by atoms with Crippen LogP contribution in [0.5, 0.6) is 0 Å². The third kappa shape index (κ3) is 4.24. The summed E-state index contributed by atoms with van der Waals surface area (Å²) in [4.78, 5) is 15.8. The molecule has 2 aromatic heterocycles. The molecule has 1 aliphatic rings. The van der Waals surface area contributed by atoms with Gasteiger partial charge in [0.1, 0.15) is 5.01 Å². The van der Waals surface area contributed by atoms with Crippen molar-refractivity contribution in [2.45, 2.75) is 38.6 Å². The molecule has 1 fully saturated rings. The van der Waals surface area contributed by atoms with E-state index in [-0.39, 0.29) is 6.03 Å². The van der Waals surface area contributed by atoms with Gasteiger partial charge in [0.05, 0.1) is 0 Å². The maximum absolute atomic E-state index is 11.8. The smallest absolute Gasteiger partial charge is 0.321 e. The van der Waals surface area contributed by atoms with Crippen LogP contribution >= 0.6 is 11.3 Å². The first kappa shape index (κ1) is 14.9. The van der Waals surface area contributed by atoms with E-state index in [2.05, 4.69) is 25.8 Å². The van der Waals surface area contributed by atoms with Crippen LogP contribution in [0.25, 0.3) is 0 Å². The number of hydrogen-bond acceptors (Lipinski definition) is 5. The van der Waals surface area contributed by atoms with Gasteiger partial charge in [-0.2, -0.15) is 0 Å². The van der Waals surface area contributed by atoms with Gasteiger partial charge in [0.2, 0.25) is 5.13 Å². The van der Waals surface area contributed by atoms with E-state index in [1.807, 2.05) is 12.1 Å². The Bertz CT molecular complexity index is 609. The van der Waals surface area contributed by atoms with E-state index in [9.17, 15) is 4.79 Å². The van der Waals surface area contributed by atoms with Crippen LogP contribution in [0, 0.1) is 5.92 Å².